The van der Waals surface area contributed by atoms with Crippen LogP contribution in [0.15, 0.2) is 30.3 Å². The number of aromatic nitrogens is 2. The fourth-order valence-corrected chi connectivity index (χ4v) is 2.12. The Morgan fingerprint density at radius 1 is 1.25 bits per heavy atom. The molecule has 0 radical (unpaired) electrons. The van der Waals surface area contributed by atoms with Crippen LogP contribution in [-0.4, -0.2) is 16.4 Å². The van der Waals surface area contributed by atoms with Gasteiger partial charge in [0.1, 0.15) is 0 Å². The van der Waals surface area contributed by atoms with Crippen LogP contribution in [0.25, 0.3) is 11.3 Å². The first-order valence-corrected chi connectivity index (χ1v) is 5.62. The summed E-state index contributed by atoms with van der Waals surface area (Å²) in [5, 5.41) is 4.61. The van der Waals surface area contributed by atoms with Crippen molar-refractivity contribution in [2.75, 3.05) is 6.61 Å². The lowest BCUT2D eigenvalue weighted by atomic mass is 10.1. The first-order chi connectivity index (χ1) is 7.86. The Balaban J connectivity index is 2.12. The number of aryl methyl sites for hydroxylation is 1. The summed E-state index contributed by atoms with van der Waals surface area (Å²) in [7, 11) is 0. The van der Waals surface area contributed by atoms with Gasteiger partial charge in [-0.1, -0.05) is 30.3 Å². The number of rotatable bonds is 1. The highest BCUT2D eigenvalue weighted by atomic mass is 16.5. The molecular formula is C13H14N2O. The zero-order chi connectivity index (χ0) is 11.0. The summed E-state index contributed by atoms with van der Waals surface area (Å²) >= 11 is 0. The Labute approximate surface area is 94.7 Å². The minimum Gasteiger partial charge on any atom is -0.478 e. The summed E-state index contributed by atoms with van der Waals surface area (Å²) in [6.07, 6.45) is 1.04. The van der Waals surface area contributed by atoms with Crippen molar-refractivity contribution in [1.82, 2.24) is 9.78 Å². The second-order valence-corrected chi connectivity index (χ2v) is 4.07. The Morgan fingerprint density at radius 3 is 2.81 bits per heavy atom. The Hall–Kier alpha value is -1.77. The maximum Gasteiger partial charge on any atom is 0.215 e. The highest BCUT2D eigenvalue weighted by Crippen LogP contribution is 2.31. The van der Waals surface area contributed by atoms with Crippen LogP contribution in [0.4, 0.5) is 0 Å². The lowest BCUT2D eigenvalue weighted by molar-refractivity contribution is 0.229. The van der Waals surface area contributed by atoms with Gasteiger partial charge in [0.2, 0.25) is 5.88 Å². The van der Waals surface area contributed by atoms with E-state index in [2.05, 4.69) is 24.2 Å². The molecule has 3 nitrogen and oxygen atoms in total. The summed E-state index contributed by atoms with van der Waals surface area (Å²) < 4.78 is 7.63. The van der Waals surface area contributed by atoms with Gasteiger partial charge < -0.3 is 4.74 Å². The number of hydrogen-bond donors (Lipinski definition) is 0. The quantitative estimate of drug-likeness (QED) is 0.729. The molecule has 82 valence electrons. The minimum atomic E-state index is 0.806. The van der Waals surface area contributed by atoms with Crippen molar-refractivity contribution < 1.29 is 4.74 Å². The number of hydrogen-bond acceptors (Lipinski definition) is 2. The third-order valence-electron chi connectivity index (χ3n) is 2.93. The first kappa shape index (κ1) is 9.46. The summed E-state index contributed by atoms with van der Waals surface area (Å²) in [5.41, 5.74) is 3.34. The predicted molar refractivity (Wildman–Crippen MR) is 62.5 cm³/mol. The Morgan fingerprint density at radius 2 is 2.06 bits per heavy atom. The molecule has 3 heteroatoms. The van der Waals surface area contributed by atoms with Crippen LogP contribution in [0.1, 0.15) is 12.0 Å². The van der Waals surface area contributed by atoms with Crippen LogP contribution in [0.3, 0.4) is 0 Å². The lowest BCUT2D eigenvalue weighted by Crippen LogP contribution is -2.14. The molecule has 1 aromatic carbocycles. The van der Waals surface area contributed by atoms with Gasteiger partial charge in [-0.25, -0.2) is 4.68 Å². The van der Waals surface area contributed by atoms with E-state index in [1.807, 2.05) is 22.9 Å². The lowest BCUT2D eigenvalue weighted by Gasteiger charge is -2.14. The van der Waals surface area contributed by atoms with Crippen molar-refractivity contribution in [3.8, 4) is 17.1 Å². The second kappa shape index (κ2) is 3.67. The minimum absolute atomic E-state index is 0.806. The number of ether oxygens (including phenoxy) is 1. The normalized spacial score (nSPS) is 14.3. The van der Waals surface area contributed by atoms with E-state index in [1.165, 1.54) is 0 Å². The Bertz CT molecular complexity index is 502. The third-order valence-corrected chi connectivity index (χ3v) is 2.93. The maximum absolute atomic E-state index is 5.66. The van der Waals surface area contributed by atoms with E-state index >= 15 is 0 Å². The van der Waals surface area contributed by atoms with Crippen LogP contribution in [0.5, 0.6) is 5.88 Å². The monoisotopic (exact) mass is 214 g/mol. The van der Waals surface area contributed by atoms with E-state index in [4.69, 9.17) is 4.74 Å². The molecule has 2 heterocycles. The Kier molecular flexibility index (Phi) is 2.17. The first-order valence-electron chi connectivity index (χ1n) is 5.62. The van der Waals surface area contributed by atoms with Gasteiger partial charge in [0.25, 0.3) is 0 Å². The van der Waals surface area contributed by atoms with E-state index in [0.717, 1.165) is 42.3 Å². The van der Waals surface area contributed by atoms with Crippen LogP contribution in [0.2, 0.25) is 0 Å². The second-order valence-electron chi connectivity index (χ2n) is 4.07. The van der Waals surface area contributed by atoms with Crippen molar-refractivity contribution in [3.05, 3.63) is 35.9 Å². The summed E-state index contributed by atoms with van der Waals surface area (Å²) in [6.45, 7) is 3.84. The van der Waals surface area contributed by atoms with E-state index in [9.17, 15) is 0 Å². The SMILES string of the molecule is Cc1c(-c2ccccc2)nn2c1OCCC2. The smallest absolute Gasteiger partial charge is 0.215 e. The molecule has 0 spiro atoms. The fraction of sp³-hybridized carbons (Fsp3) is 0.308. The van der Waals surface area contributed by atoms with Gasteiger partial charge in [-0.3, -0.25) is 0 Å². The van der Waals surface area contributed by atoms with Crippen molar-refractivity contribution in [2.45, 2.75) is 19.9 Å². The van der Waals surface area contributed by atoms with Crippen LogP contribution < -0.4 is 4.74 Å². The standard InChI is InChI=1S/C13H14N2O/c1-10-12(11-6-3-2-4-7-11)14-15-8-5-9-16-13(10)15/h2-4,6-7H,5,8-9H2,1H3. The van der Waals surface area contributed by atoms with E-state index in [-0.39, 0.29) is 0 Å². The molecule has 3 rings (SSSR count). The van der Waals surface area contributed by atoms with Crippen molar-refractivity contribution in [2.24, 2.45) is 0 Å². The zero-order valence-electron chi connectivity index (χ0n) is 9.31. The maximum atomic E-state index is 5.66. The molecule has 0 unspecified atom stereocenters. The molecule has 0 amide bonds. The highest BCUT2D eigenvalue weighted by Gasteiger charge is 2.19. The molecule has 2 aromatic rings. The summed E-state index contributed by atoms with van der Waals surface area (Å²) in [5.74, 6) is 0.935. The summed E-state index contributed by atoms with van der Waals surface area (Å²) in [4.78, 5) is 0. The third kappa shape index (κ3) is 1.40. The van der Waals surface area contributed by atoms with Gasteiger partial charge in [-0.05, 0) is 6.92 Å². The van der Waals surface area contributed by atoms with Gasteiger partial charge in [-0.2, -0.15) is 5.10 Å². The van der Waals surface area contributed by atoms with Crippen molar-refractivity contribution in [1.29, 1.82) is 0 Å². The van der Waals surface area contributed by atoms with Gasteiger partial charge in [0, 0.05) is 24.1 Å². The van der Waals surface area contributed by atoms with Crippen LogP contribution in [-0.2, 0) is 6.54 Å². The average molecular weight is 214 g/mol. The summed E-state index contributed by atoms with van der Waals surface area (Å²) in [6, 6.07) is 10.3. The number of fused-ring (bicyclic) bond motifs is 1. The largest absolute Gasteiger partial charge is 0.478 e. The van der Waals surface area contributed by atoms with E-state index < -0.39 is 0 Å². The molecule has 1 aromatic heterocycles. The number of benzene rings is 1. The van der Waals surface area contributed by atoms with Crippen molar-refractivity contribution >= 4 is 0 Å². The average Bonchev–Trinajstić information content (AvgIpc) is 2.69. The molecular weight excluding hydrogens is 200 g/mol. The van der Waals surface area contributed by atoms with E-state index in [0.29, 0.717) is 0 Å². The van der Waals surface area contributed by atoms with E-state index in [1.54, 1.807) is 0 Å². The van der Waals surface area contributed by atoms with Gasteiger partial charge in [0.05, 0.1) is 12.3 Å². The molecule has 0 aliphatic carbocycles. The molecule has 0 N–H and O–H groups in total. The topological polar surface area (TPSA) is 27.1 Å². The molecule has 1 aliphatic rings. The van der Waals surface area contributed by atoms with Crippen LogP contribution in [0, 0.1) is 6.92 Å². The molecule has 0 saturated carbocycles. The zero-order valence-corrected chi connectivity index (χ0v) is 9.31. The molecule has 0 saturated heterocycles. The van der Waals surface area contributed by atoms with Crippen molar-refractivity contribution in [3.63, 3.8) is 0 Å². The fourth-order valence-electron chi connectivity index (χ4n) is 2.12. The predicted octanol–water partition coefficient (Wildman–Crippen LogP) is 2.64. The molecule has 0 fully saturated rings. The highest BCUT2D eigenvalue weighted by molar-refractivity contribution is 5.64. The van der Waals surface area contributed by atoms with Crippen LogP contribution >= 0.6 is 0 Å². The molecule has 0 atom stereocenters. The molecule has 16 heavy (non-hydrogen) atoms. The van der Waals surface area contributed by atoms with Gasteiger partial charge in [-0.15, -0.1) is 0 Å². The molecule has 1 aliphatic heterocycles. The molecule has 0 bridgehead atoms. The van der Waals surface area contributed by atoms with Gasteiger partial charge >= 0.3 is 0 Å². The van der Waals surface area contributed by atoms with Gasteiger partial charge in [0.15, 0.2) is 0 Å². The number of nitrogens with zero attached hydrogens (tertiary/aromatic N) is 2.